The Balaban J connectivity index is 2.38. The summed E-state index contributed by atoms with van der Waals surface area (Å²) in [5.74, 6) is 0.0657. The Morgan fingerprint density at radius 3 is 2.89 bits per heavy atom. The van der Waals surface area contributed by atoms with Gasteiger partial charge in [0, 0.05) is 19.6 Å². The fraction of sp³-hybridized carbons (Fsp3) is 0.278. The predicted molar refractivity (Wildman–Crippen MR) is 103 cm³/mol. The summed E-state index contributed by atoms with van der Waals surface area (Å²) in [7, 11) is 1.57. The van der Waals surface area contributed by atoms with Crippen LogP contribution in [0.4, 0.5) is 4.39 Å². The number of imidazole rings is 1. The minimum Gasteiger partial charge on any atom is -0.478 e. The molecule has 27 heavy (non-hydrogen) atoms. The van der Waals surface area contributed by atoms with E-state index in [9.17, 15) is 4.39 Å². The molecule has 9 heteroatoms. The molecule has 0 bridgehead atoms. The van der Waals surface area contributed by atoms with Crippen molar-refractivity contribution in [2.45, 2.75) is 13.5 Å². The molecular weight excluding hydrogens is 417 g/mol. The minimum absolute atomic E-state index is 0.126. The highest BCUT2D eigenvalue weighted by Crippen LogP contribution is 2.13. The van der Waals surface area contributed by atoms with Crippen molar-refractivity contribution in [3.63, 3.8) is 0 Å². The Hall–Kier alpha value is -2.70. The highest BCUT2D eigenvalue weighted by Gasteiger charge is 2.11. The van der Waals surface area contributed by atoms with Crippen molar-refractivity contribution in [3.8, 4) is 6.07 Å². The van der Waals surface area contributed by atoms with Crippen molar-refractivity contribution in [3.05, 3.63) is 50.6 Å². The van der Waals surface area contributed by atoms with E-state index in [0.717, 1.165) is 0 Å². The molecule has 7 nitrogen and oxygen atoms in total. The van der Waals surface area contributed by atoms with Gasteiger partial charge in [-0.25, -0.2) is 9.37 Å². The Morgan fingerprint density at radius 2 is 2.22 bits per heavy atom. The average Bonchev–Trinajstić information content (AvgIpc) is 2.92. The molecule has 0 saturated carbocycles. The van der Waals surface area contributed by atoms with Gasteiger partial charge in [-0.2, -0.15) is 10.3 Å². The predicted octanol–water partition coefficient (Wildman–Crippen LogP) is 1.22. The number of nitriles is 1. The van der Waals surface area contributed by atoms with Crippen molar-refractivity contribution in [2.24, 2.45) is 10.7 Å². The summed E-state index contributed by atoms with van der Waals surface area (Å²) in [6.45, 7) is 6.55. The zero-order valence-corrected chi connectivity index (χ0v) is 16.6. The molecule has 0 fully saturated rings. The van der Waals surface area contributed by atoms with Gasteiger partial charge in [0.1, 0.15) is 17.8 Å². The standard InChI is InChI=1S/C18H19BrFN5O2/c1-11-16(17(22)23-12(2)27-7-6-26-3)24-18(19)25(11)10-14-8-13(9-21)4-5-15(14)20/h4-5,8H,1,6-7,10,22H2,2-3H3/b17-16+,23-12+. The average molecular weight is 436 g/mol. The Morgan fingerprint density at radius 1 is 1.48 bits per heavy atom. The van der Waals surface area contributed by atoms with Gasteiger partial charge in [-0.05, 0) is 34.1 Å². The third-order valence-electron chi connectivity index (χ3n) is 3.65. The molecule has 1 heterocycles. The third kappa shape index (κ3) is 5.15. The second-order valence-electron chi connectivity index (χ2n) is 5.54. The minimum atomic E-state index is -0.423. The number of nitrogens with two attached hydrogens (primary N) is 1. The zero-order valence-electron chi connectivity index (χ0n) is 15.0. The number of aliphatic imine (C=N–C) groups is 1. The second kappa shape index (κ2) is 9.30. The molecule has 0 atom stereocenters. The lowest BCUT2D eigenvalue weighted by molar-refractivity contribution is 0.140. The first-order valence-electron chi connectivity index (χ1n) is 7.93. The molecule has 2 N–H and O–H groups in total. The van der Waals surface area contributed by atoms with Crippen molar-refractivity contribution < 1.29 is 13.9 Å². The molecule has 0 aliphatic rings. The van der Waals surface area contributed by atoms with Gasteiger partial charge in [-0.1, -0.05) is 6.58 Å². The van der Waals surface area contributed by atoms with Crippen LogP contribution in [0.2, 0.25) is 0 Å². The Labute approximate surface area is 164 Å². The zero-order chi connectivity index (χ0) is 20.0. The van der Waals surface area contributed by atoms with E-state index in [1.54, 1.807) is 18.6 Å². The molecule has 1 aromatic carbocycles. The van der Waals surface area contributed by atoms with Crippen LogP contribution in [0.3, 0.4) is 0 Å². The van der Waals surface area contributed by atoms with E-state index < -0.39 is 5.82 Å². The van der Waals surface area contributed by atoms with Crippen LogP contribution in [-0.4, -0.2) is 35.8 Å². The number of benzene rings is 1. The fourth-order valence-corrected chi connectivity index (χ4v) is 2.80. The van der Waals surface area contributed by atoms with E-state index in [-0.39, 0.29) is 12.4 Å². The summed E-state index contributed by atoms with van der Waals surface area (Å²) >= 11 is 3.33. The Kier molecular flexibility index (Phi) is 7.10. The number of hydrogen-bond donors (Lipinski definition) is 1. The van der Waals surface area contributed by atoms with Crippen molar-refractivity contribution >= 4 is 34.2 Å². The fourth-order valence-electron chi connectivity index (χ4n) is 2.29. The van der Waals surface area contributed by atoms with Gasteiger partial charge in [0.25, 0.3) is 0 Å². The topological polar surface area (TPSA) is 98.4 Å². The highest BCUT2D eigenvalue weighted by atomic mass is 79.9. The van der Waals surface area contributed by atoms with Gasteiger partial charge in [0.05, 0.1) is 30.1 Å². The molecule has 0 amide bonds. The van der Waals surface area contributed by atoms with E-state index >= 15 is 0 Å². The number of nitrogens with zero attached hydrogens (tertiary/aromatic N) is 4. The van der Waals surface area contributed by atoms with Crippen LogP contribution in [0.5, 0.6) is 0 Å². The van der Waals surface area contributed by atoms with Gasteiger partial charge in [-0.3, -0.25) is 0 Å². The van der Waals surface area contributed by atoms with Crippen LogP contribution in [-0.2, 0) is 16.0 Å². The monoisotopic (exact) mass is 435 g/mol. The van der Waals surface area contributed by atoms with Crippen LogP contribution in [0.1, 0.15) is 18.1 Å². The summed E-state index contributed by atoms with van der Waals surface area (Å²) < 4.78 is 26.4. The summed E-state index contributed by atoms with van der Waals surface area (Å²) in [6, 6.07) is 6.16. The van der Waals surface area contributed by atoms with Crippen molar-refractivity contribution in [2.75, 3.05) is 20.3 Å². The van der Waals surface area contributed by atoms with Crippen LogP contribution >= 0.6 is 15.9 Å². The lowest BCUT2D eigenvalue weighted by Crippen LogP contribution is -2.33. The number of aromatic nitrogens is 2. The van der Waals surface area contributed by atoms with E-state index in [2.05, 4.69) is 32.5 Å². The Bertz CT molecular complexity index is 1010. The summed E-state index contributed by atoms with van der Waals surface area (Å²) in [4.78, 5) is 8.47. The maximum Gasteiger partial charge on any atom is 0.186 e. The molecule has 142 valence electrons. The lowest BCUT2D eigenvalue weighted by Gasteiger charge is -2.06. The molecule has 2 aromatic rings. The van der Waals surface area contributed by atoms with Crippen LogP contribution in [0.25, 0.3) is 12.4 Å². The first kappa shape index (κ1) is 20.6. The highest BCUT2D eigenvalue weighted by molar-refractivity contribution is 9.10. The van der Waals surface area contributed by atoms with E-state index in [0.29, 0.717) is 45.7 Å². The van der Waals surface area contributed by atoms with E-state index in [1.165, 1.54) is 18.2 Å². The summed E-state index contributed by atoms with van der Waals surface area (Å²) in [5, 5.41) is 9.81. The molecule has 1 aromatic heterocycles. The maximum absolute atomic E-state index is 14.1. The number of rotatable bonds is 6. The SMILES string of the molecule is C=c1/c(=C(N)\N=C(/C)OCCOC)nc(Br)n1Cc1cc(C#N)ccc1F. The quantitative estimate of drug-likeness (QED) is 0.417. The van der Waals surface area contributed by atoms with Gasteiger partial charge >= 0.3 is 0 Å². The molecule has 2 rings (SSSR count). The normalized spacial score (nSPS) is 12.6. The number of methoxy groups -OCH3 is 1. The van der Waals surface area contributed by atoms with E-state index in [4.69, 9.17) is 20.5 Å². The molecule has 0 spiro atoms. The molecule has 0 unspecified atom stereocenters. The summed E-state index contributed by atoms with van der Waals surface area (Å²) in [5.41, 5.74) is 6.72. The second-order valence-corrected chi connectivity index (χ2v) is 6.25. The largest absolute Gasteiger partial charge is 0.478 e. The maximum atomic E-state index is 14.1. The van der Waals surface area contributed by atoms with Gasteiger partial charge in [-0.15, -0.1) is 0 Å². The smallest absolute Gasteiger partial charge is 0.186 e. The van der Waals surface area contributed by atoms with Gasteiger partial charge in [0.2, 0.25) is 0 Å². The third-order valence-corrected chi connectivity index (χ3v) is 4.25. The lowest BCUT2D eigenvalue weighted by atomic mass is 10.1. The summed E-state index contributed by atoms with van der Waals surface area (Å²) in [6.07, 6.45) is 0. The van der Waals surface area contributed by atoms with Gasteiger partial charge in [0.15, 0.2) is 16.5 Å². The van der Waals surface area contributed by atoms with Crippen LogP contribution in [0.15, 0.2) is 27.9 Å². The number of hydrogen-bond acceptors (Lipinski definition) is 6. The molecule has 0 saturated heterocycles. The van der Waals surface area contributed by atoms with Crippen molar-refractivity contribution in [1.29, 1.82) is 5.26 Å². The van der Waals surface area contributed by atoms with Crippen LogP contribution < -0.4 is 16.4 Å². The van der Waals surface area contributed by atoms with Crippen LogP contribution in [0, 0.1) is 17.1 Å². The first-order chi connectivity index (χ1) is 12.9. The molecule has 0 aliphatic carbocycles. The van der Waals surface area contributed by atoms with E-state index in [1.807, 2.05) is 6.07 Å². The molecular formula is C18H19BrFN5O2. The van der Waals surface area contributed by atoms with Crippen molar-refractivity contribution in [1.82, 2.24) is 9.55 Å². The van der Waals surface area contributed by atoms with Gasteiger partial charge < -0.3 is 19.8 Å². The molecule has 0 aliphatic heterocycles. The number of halogens is 2. The molecule has 0 radical (unpaired) electrons. The number of ether oxygens (including phenoxy) is 2. The first-order valence-corrected chi connectivity index (χ1v) is 8.73.